The summed E-state index contributed by atoms with van der Waals surface area (Å²) in [6.07, 6.45) is 9.49. The zero-order valence-corrected chi connectivity index (χ0v) is 11.7. The second-order valence-electron chi connectivity index (χ2n) is 5.23. The summed E-state index contributed by atoms with van der Waals surface area (Å²) in [7, 11) is 1.83. The molecule has 3 nitrogen and oxygen atoms in total. The lowest BCUT2D eigenvalue weighted by Gasteiger charge is -2.37. The highest BCUT2D eigenvalue weighted by Gasteiger charge is 2.24. The number of methoxy groups -OCH3 is 1. The molecular weight excluding hydrogens is 212 g/mol. The summed E-state index contributed by atoms with van der Waals surface area (Å²) in [5, 5.41) is 0. The molecule has 2 atom stereocenters. The SMILES string of the molecule is CCCCCCC(CN)N1CCCC(OC)C1. The standard InChI is InChI=1S/C14H30N2O/c1-3-4-5-6-8-13(11-15)16-10-7-9-14(12-16)17-2/h13-14H,3-12,15H2,1-2H3. The van der Waals surface area contributed by atoms with Crippen LogP contribution in [0.1, 0.15) is 51.9 Å². The van der Waals surface area contributed by atoms with Crippen LogP contribution in [0.2, 0.25) is 0 Å². The second kappa shape index (κ2) is 8.90. The van der Waals surface area contributed by atoms with Crippen LogP contribution in [0.5, 0.6) is 0 Å². The van der Waals surface area contributed by atoms with Gasteiger partial charge in [-0.05, 0) is 25.8 Å². The molecule has 2 unspecified atom stereocenters. The van der Waals surface area contributed by atoms with Gasteiger partial charge >= 0.3 is 0 Å². The fraction of sp³-hybridized carbons (Fsp3) is 1.00. The number of hydrogen-bond acceptors (Lipinski definition) is 3. The Bertz CT molecular complexity index is 187. The molecule has 17 heavy (non-hydrogen) atoms. The Labute approximate surface area is 107 Å². The van der Waals surface area contributed by atoms with E-state index in [2.05, 4.69) is 11.8 Å². The van der Waals surface area contributed by atoms with Gasteiger partial charge in [0.1, 0.15) is 0 Å². The predicted octanol–water partition coefficient (Wildman–Crippen LogP) is 2.39. The van der Waals surface area contributed by atoms with E-state index in [1.54, 1.807) is 0 Å². The molecule has 0 amide bonds. The molecule has 0 radical (unpaired) electrons. The summed E-state index contributed by atoms with van der Waals surface area (Å²) in [5.41, 5.74) is 5.92. The number of likely N-dealkylation sites (tertiary alicyclic amines) is 1. The molecule has 1 aliphatic rings. The zero-order chi connectivity index (χ0) is 12.5. The van der Waals surface area contributed by atoms with Gasteiger partial charge in [-0.15, -0.1) is 0 Å². The number of nitrogens with two attached hydrogens (primary N) is 1. The molecule has 2 N–H and O–H groups in total. The Hall–Kier alpha value is -0.120. The normalized spacial score (nSPS) is 23.8. The molecule has 0 saturated carbocycles. The van der Waals surface area contributed by atoms with E-state index >= 15 is 0 Å². The minimum atomic E-state index is 0.424. The van der Waals surface area contributed by atoms with Crippen molar-refractivity contribution in [3.8, 4) is 0 Å². The van der Waals surface area contributed by atoms with Crippen LogP contribution in [0, 0.1) is 0 Å². The van der Waals surface area contributed by atoms with Gasteiger partial charge in [-0.1, -0.05) is 32.6 Å². The number of rotatable bonds is 8. The first-order valence-corrected chi connectivity index (χ1v) is 7.28. The molecule has 3 heteroatoms. The van der Waals surface area contributed by atoms with Crippen molar-refractivity contribution in [3.63, 3.8) is 0 Å². The van der Waals surface area contributed by atoms with Crippen LogP contribution in [0.4, 0.5) is 0 Å². The molecule has 1 heterocycles. The van der Waals surface area contributed by atoms with E-state index in [4.69, 9.17) is 10.5 Å². The van der Waals surface area contributed by atoms with E-state index in [-0.39, 0.29) is 0 Å². The zero-order valence-electron chi connectivity index (χ0n) is 11.7. The molecular formula is C14H30N2O. The molecule has 1 aliphatic heterocycles. The van der Waals surface area contributed by atoms with Crippen molar-refractivity contribution in [3.05, 3.63) is 0 Å². The van der Waals surface area contributed by atoms with E-state index < -0.39 is 0 Å². The smallest absolute Gasteiger partial charge is 0.0698 e. The topological polar surface area (TPSA) is 38.5 Å². The maximum absolute atomic E-state index is 5.92. The lowest BCUT2D eigenvalue weighted by atomic mass is 10.0. The average molecular weight is 242 g/mol. The van der Waals surface area contributed by atoms with E-state index in [0.29, 0.717) is 12.1 Å². The summed E-state index contributed by atoms with van der Waals surface area (Å²) < 4.78 is 5.48. The molecule has 0 aromatic rings. The highest BCUT2D eigenvalue weighted by Crippen LogP contribution is 2.18. The van der Waals surface area contributed by atoms with Gasteiger partial charge in [0.05, 0.1) is 6.10 Å². The summed E-state index contributed by atoms with van der Waals surface area (Å²) in [6, 6.07) is 0.574. The van der Waals surface area contributed by atoms with Crippen molar-refractivity contribution in [1.82, 2.24) is 4.90 Å². The third-order valence-corrected chi connectivity index (χ3v) is 3.92. The summed E-state index contributed by atoms with van der Waals surface area (Å²) >= 11 is 0. The van der Waals surface area contributed by atoms with E-state index in [9.17, 15) is 0 Å². The van der Waals surface area contributed by atoms with Gasteiger partial charge in [0.15, 0.2) is 0 Å². The molecule has 0 aromatic heterocycles. The molecule has 0 bridgehead atoms. The molecule has 0 aromatic carbocycles. The van der Waals surface area contributed by atoms with Crippen LogP contribution in [0.25, 0.3) is 0 Å². The van der Waals surface area contributed by atoms with Gasteiger partial charge in [0, 0.05) is 26.2 Å². The monoisotopic (exact) mass is 242 g/mol. The van der Waals surface area contributed by atoms with Gasteiger partial charge in [-0.3, -0.25) is 4.90 Å². The summed E-state index contributed by atoms with van der Waals surface area (Å²) in [4.78, 5) is 2.55. The number of unbranched alkanes of at least 4 members (excludes halogenated alkanes) is 3. The molecule has 0 spiro atoms. The Morgan fingerprint density at radius 2 is 2.18 bits per heavy atom. The van der Waals surface area contributed by atoms with Crippen LogP contribution >= 0.6 is 0 Å². The molecule has 1 fully saturated rings. The number of ether oxygens (including phenoxy) is 1. The lowest BCUT2D eigenvalue weighted by Crippen LogP contribution is -2.48. The fourth-order valence-electron chi connectivity index (χ4n) is 2.75. The summed E-state index contributed by atoms with van der Waals surface area (Å²) in [5.74, 6) is 0. The maximum atomic E-state index is 5.92. The van der Waals surface area contributed by atoms with Crippen molar-refractivity contribution < 1.29 is 4.74 Å². The van der Waals surface area contributed by atoms with Gasteiger partial charge in [0.2, 0.25) is 0 Å². The van der Waals surface area contributed by atoms with E-state index in [0.717, 1.165) is 13.1 Å². The first-order chi connectivity index (χ1) is 8.31. The average Bonchev–Trinajstić information content (AvgIpc) is 2.39. The summed E-state index contributed by atoms with van der Waals surface area (Å²) in [6.45, 7) is 5.33. The van der Waals surface area contributed by atoms with Gasteiger partial charge < -0.3 is 10.5 Å². The van der Waals surface area contributed by atoms with Crippen molar-refractivity contribution in [1.29, 1.82) is 0 Å². The van der Waals surface area contributed by atoms with Crippen LogP contribution in [0.3, 0.4) is 0 Å². The van der Waals surface area contributed by atoms with E-state index in [1.807, 2.05) is 7.11 Å². The second-order valence-corrected chi connectivity index (χ2v) is 5.23. The van der Waals surface area contributed by atoms with Crippen molar-refractivity contribution >= 4 is 0 Å². The highest BCUT2D eigenvalue weighted by molar-refractivity contribution is 4.80. The Morgan fingerprint density at radius 1 is 1.35 bits per heavy atom. The maximum Gasteiger partial charge on any atom is 0.0698 e. The van der Waals surface area contributed by atoms with Crippen LogP contribution in [-0.2, 0) is 4.74 Å². The molecule has 0 aliphatic carbocycles. The minimum absolute atomic E-state index is 0.424. The first-order valence-electron chi connectivity index (χ1n) is 7.28. The number of nitrogens with zero attached hydrogens (tertiary/aromatic N) is 1. The Morgan fingerprint density at radius 3 is 2.82 bits per heavy atom. The quantitative estimate of drug-likeness (QED) is 0.664. The molecule has 1 saturated heterocycles. The lowest BCUT2D eigenvalue weighted by molar-refractivity contribution is 0.0141. The van der Waals surface area contributed by atoms with Crippen molar-refractivity contribution in [2.45, 2.75) is 64.0 Å². The fourth-order valence-corrected chi connectivity index (χ4v) is 2.75. The van der Waals surface area contributed by atoms with Gasteiger partial charge in [-0.25, -0.2) is 0 Å². The highest BCUT2D eigenvalue weighted by atomic mass is 16.5. The Kier molecular flexibility index (Phi) is 7.82. The van der Waals surface area contributed by atoms with Crippen LogP contribution in [0.15, 0.2) is 0 Å². The van der Waals surface area contributed by atoms with Crippen molar-refractivity contribution in [2.75, 3.05) is 26.7 Å². The largest absolute Gasteiger partial charge is 0.380 e. The number of piperidine rings is 1. The molecule has 1 rings (SSSR count). The molecule has 102 valence electrons. The first kappa shape index (κ1) is 14.9. The number of hydrogen-bond donors (Lipinski definition) is 1. The Balaban J connectivity index is 2.27. The van der Waals surface area contributed by atoms with E-state index in [1.165, 1.54) is 51.5 Å². The van der Waals surface area contributed by atoms with Gasteiger partial charge in [0.25, 0.3) is 0 Å². The van der Waals surface area contributed by atoms with Crippen molar-refractivity contribution in [2.24, 2.45) is 5.73 Å². The third-order valence-electron chi connectivity index (χ3n) is 3.92. The third kappa shape index (κ3) is 5.36. The van der Waals surface area contributed by atoms with Gasteiger partial charge in [-0.2, -0.15) is 0 Å². The van der Waals surface area contributed by atoms with Crippen LogP contribution < -0.4 is 5.73 Å². The minimum Gasteiger partial charge on any atom is -0.380 e. The van der Waals surface area contributed by atoms with Crippen LogP contribution in [-0.4, -0.2) is 43.8 Å². The predicted molar refractivity (Wildman–Crippen MR) is 73.2 cm³/mol.